The van der Waals surface area contributed by atoms with Gasteiger partial charge in [0.25, 0.3) is 0 Å². The van der Waals surface area contributed by atoms with Crippen LogP contribution >= 0.6 is 0 Å². The van der Waals surface area contributed by atoms with E-state index < -0.39 is 0 Å². The lowest BCUT2D eigenvalue weighted by Crippen LogP contribution is -2.12. The third kappa shape index (κ3) is 3.00. The lowest BCUT2D eigenvalue weighted by Gasteiger charge is -2.00. The average Bonchev–Trinajstić information content (AvgIpc) is 2.87. The molecule has 1 aromatic rings. The summed E-state index contributed by atoms with van der Waals surface area (Å²) >= 11 is 0. The van der Waals surface area contributed by atoms with Crippen LogP contribution in [-0.4, -0.2) is 29.9 Å². The van der Waals surface area contributed by atoms with E-state index in [4.69, 9.17) is 9.26 Å². The maximum Gasteiger partial charge on any atom is 0.240 e. The Morgan fingerprint density at radius 3 is 3.20 bits per heavy atom. The third-order valence-electron chi connectivity index (χ3n) is 2.53. The van der Waals surface area contributed by atoms with E-state index in [9.17, 15) is 0 Å². The van der Waals surface area contributed by atoms with Crippen molar-refractivity contribution in [1.29, 1.82) is 0 Å². The first-order valence-corrected chi connectivity index (χ1v) is 5.48. The first-order valence-electron chi connectivity index (χ1n) is 5.48. The minimum atomic E-state index is 0.564. The number of hydrogen-bond acceptors (Lipinski definition) is 5. The Morgan fingerprint density at radius 1 is 1.53 bits per heavy atom. The molecule has 0 spiro atoms. The molecule has 5 nitrogen and oxygen atoms in total. The maximum absolute atomic E-state index is 5.30. The van der Waals surface area contributed by atoms with Gasteiger partial charge < -0.3 is 14.6 Å². The Balaban J connectivity index is 1.83. The van der Waals surface area contributed by atoms with Crippen LogP contribution < -0.4 is 5.32 Å². The zero-order valence-corrected chi connectivity index (χ0v) is 9.03. The van der Waals surface area contributed by atoms with Crippen LogP contribution in [0.2, 0.25) is 0 Å². The SMILES string of the molecule is CCNCc1nc(CC2CCOC2)no1. The fraction of sp³-hybridized carbons (Fsp3) is 0.800. The van der Waals surface area contributed by atoms with Gasteiger partial charge in [-0.2, -0.15) is 4.98 Å². The van der Waals surface area contributed by atoms with Crippen molar-refractivity contribution in [1.82, 2.24) is 15.5 Å². The van der Waals surface area contributed by atoms with Gasteiger partial charge in [0.15, 0.2) is 5.82 Å². The smallest absolute Gasteiger partial charge is 0.240 e. The topological polar surface area (TPSA) is 60.2 Å². The van der Waals surface area contributed by atoms with E-state index in [-0.39, 0.29) is 0 Å². The normalized spacial score (nSPS) is 21.0. The molecule has 84 valence electrons. The number of aromatic nitrogens is 2. The van der Waals surface area contributed by atoms with Crippen LogP contribution in [0.1, 0.15) is 25.1 Å². The molecule has 0 saturated carbocycles. The summed E-state index contributed by atoms with van der Waals surface area (Å²) < 4.78 is 10.4. The van der Waals surface area contributed by atoms with E-state index in [0.717, 1.165) is 38.4 Å². The van der Waals surface area contributed by atoms with Crippen molar-refractivity contribution in [3.63, 3.8) is 0 Å². The van der Waals surface area contributed by atoms with Gasteiger partial charge in [-0.15, -0.1) is 0 Å². The van der Waals surface area contributed by atoms with Crippen molar-refractivity contribution in [2.45, 2.75) is 26.3 Å². The van der Waals surface area contributed by atoms with Gasteiger partial charge in [-0.05, 0) is 18.9 Å². The zero-order chi connectivity index (χ0) is 10.5. The van der Waals surface area contributed by atoms with Gasteiger partial charge in [0.05, 0.1) is 6.54 Å². The van der Waals surface area contributed by atoms with Crippen molar-refractivity contribution >= 4 is 0 Å². The first kappa shape index (κ1) is 10.6. The van der Waals surface area contributed by atoms with E-state index in [1.807, 2.05) is 6.92 Å². The molecule has 1 fully saturated rings. The lowest BCUT2D eigenvalue weighted by atomic mass is 10.1. The molecule has 1 aliphatic rings. The fourth-order valence-corrected chi connectivity index (χ4v) is 1.68. The molecule has 0 aromatic carbocycles. The third-order valence-corrected chi connectivity index (χ3v) is 2.53. The second-order valence-electron chi connectivity index (χ2n) is 3.82. The minimum absolute atomic E-state index is 0.564. The van der Waals surface area contributed by atoms with Crippen molar-refractivity contribution in [3.8, 4) is 0 Å². The Bertz CT molecular complexity index is 295. The standard InChI is InChI=1S/C10H17N3O2/c1-2-11-6-10-12-9(13-15-10)5-8-3-4-14-7-8/h8,11H,2-7H2,1H3. The summed E-state index contributed by atoms with van der Waals surface area (Å²) in [6.45, 7) is 5.32. The molecule has 1 unspecified atom stereocenters. The first-order chi connectivity index (χ1) is 7.38. The predicted molar refractivity (Wildman–Crippen MR) is 54.3 cm³/mol. The van der Waals surface area contributed by atoms with Crippen LogP contribution in [0, 0.1) is 5.92 Å². The highest BCUT2D eigenvalue weighted by atomic mass is 16.5. The monoisotopic (exact) mass is 211 g/mol. The summed E-state index contributed by atoms with van der Waals surface area (Å²) in [4.78, 5) is 4.32. The number of rotatable bonds is 5. The van der Waals surface area contributed by atoms with E-state index in [0.29, 0.717) is 18.4 Å². The number of nitrogens with one attached hydrogen (secondary N) is 1. The number of ether oxygens (including phenoxy) is 1. The lowest BCUT2D eigenvalue weighted by molar-refractivity contribution is 0.185. The summed E-state index contributed by atoms with van der Waals surface area (Å²) in [6.07, 6.45) is 1.98. The van der Waals surface area contributed by atoms with Gasteiger partial charge >= 0.3 is 0 Å². The summed E-state index contributed by atoms with van der Waals surface area (Å²) in [7, 11) is 0. The predicted octanol–water partition coefficient (Wildman–Crippen LogP) is 0.758. The van der Waals surface area contributed by atoms with E-state index in [2.05, 4.69) is 15.5 Å². The largest absolute Gasteiger partial charge is 0.381 e. The molecule has 0 bridgehead atoms. The molecule has 1 aromatic heterocycles. The average molecular weight is 211 g/mol. The Morgan fingerprint density at radius 2 is 2.47 bits per heavy atom. The van der Waals surface area contributed by atoms with E-state index >= 15 is 0 Å². The molecule has 1 saturated heterocycles. The molecule has 15 heavy (non-hydrogen) atoms. The highest BCUT2D eigenvalue weighted by molar-refractivity contribution is 4.89. The van der Waals surface area contributed by atoms with Gasteiger partial charge in [0, 0.05) is 19.6 Å². The van der Waals surface area contributed by atoms with Gasteiger partial charge in [-0.3, -0.25) is 0 Å². The van der Waals surface area contributed by atoms with Crippen molar-refractivity contribution in [2.75, 3.05) is 19.8 Å². The molecule has 0 radical (unpaired) electrons. The molecular formula is C10H17N3O2. The molecule has 0 amide bonds. The van der Waals surface area contributed by atoms with Gasteiger partial charge in [-0.25, -0.2) is 0 Å². The minimum Gasteiger partial charge on any atom is -0.381 e. The Labute approximate surface area is 89.2 Å². The molecule has 1 atom stereocenters. The second kappa shape index (κ2) is 5.23. The summed E-state index contributed by atoms with van der Waals surface area (Å²) in [5, 5.41) is 7.10. The molecule has 5 heteroatoms. The van der Waals surface area contributed by atoms with E-state index in [1.165, 1.54) is 0 Å². The molecule has 2 rings (SSSR count). The van der Waals surface area contributed by atoms with Gasteiger partial charge in [0.2, 0.25) is 5.89 Å². The zero-order valence-electron chi connectivity index (χ0n) is 9.03. The van der Waals surface area contributed by atoms with Crippen molar-refractivity contribution in [2.24, 2.45) is 5.92 Å². The molecule has 1 aliphatic heterocycles. The highest BCUT2D eigenvalue weighted by Gasteiger charge is 2.18. The maximum atomic E-state index is 5.30. The van der Waals surface area contributed by atoms with Crippen LogP contribution in [0.25, 0.3) is 0 Å². The molecule has 1 N–H and O–H groups in total. The van der Waals surface area contributed by atoms with Crippen LogP contribution in [-0.2, 0) is 17.7 Å². The quantitative estimate of drug-likeness (QED) is 0.779. The molecule has 0 aliphatic carbocycles. The van der Waals surface area contributed by atoms with Gasteiger partial charge in [-0.1, -0.05) is 12.1 Å². The second-order valence-corrected chi connectivity index (χ2v) is 3.82. The molecular weight excluding hydrogens is 194 g/mol. The Hall–Kier alpha value is -0.940. The van der Waals surface area contributed by atoms with Crippen molar-refractivity contribution < 1.29 is 9.26 Å². The van der Waals surface area contributed by atoms with Crippen LogP contribution in [0.4, 0.5) is 0 Å². The number of nitrogens with zero attached hydrogens (tertiary/aromatic N) is 2. The van der Waals surface area contributed by atoms with Crippen LogP contribution in [0.15, 0.2) is 4.52 Å². The fourth-order valence-electron chi connectivity index (χ4n) is 1.68. The summed E-state index contributed by atoms with van der Waals surface area (Å²) in [5.41, 5.74) is 0. The van der Waals surface area contributed by atoms with Crippen LogP contribution in [0.5, 0.6) is 0 Å². The number of hydrogen-bond donors (Lipinski definition) is 1. The summed E-state index contributed by atoms with van der Waals surface area (Å²) in [5.74, 6) is 2.04. The molecule has 2 heterocycles. The van der Waals surface area contributed by atoms with E-state index in [1.54, 1.807) is 0 Å². The van der Waals surface area contributed by atoms with Crippen molar-refractivity contribution in [3.05, 3.63) is 11.7 Å². The Kier molecular flexibility index (Phi) is 3.69. The van der Waals surface area contributed by atoms with Crippen LogP contribution in [0.3, 0.4) is 0 Å². The van der Waals surface area contributed by atoms with Gasteiger partial charge in [0.1, 0.15) is 0 Å². The highest BCUT2D eigenvalue weighted by Crippen LogP contribution is 2.16. The summed E-state index contributed by atoms with van der Waals surface area (Å²) in [6, 6.07) is 0.